The van der Waals surface area contributed by atoms with Crippen LogP contribution in [0.5, 0.6) is 0 Å². The largest absolute Gasteiger partial charge is 0.444 e. The molecular formula is C26H23ClF3NO3. The van der Waals surface area contributed by atoms with Crippen molar-refractivity contribution in [3.8, 4) is 0 Å². The third-order valence-corrected chi connectivity index (χ3v) is 5.42. The van der Waals surface area contributed by atoms with Crippen LogP contribution in [0.15, 0.2) is 72.8 Å². The third kappa shape index (κ3) is 6.17. The van der Waals surface area contributed by atoms with Crippen LogP contribution in [0.25, 0.3) is 0 Å². The summed E-state index contributed by atoms with van der Waals surface area (Å²) in [7, 11) is 0. The SMILES string of the molecule is CC(C)(C)c1ccc(C(=O)O[C@H](C(=O)Nc2ccc(Cl)c(C(F)(F)F)c2)c2ccccc2)cc1. The van der Waals surface area contributed by atoms with Gasteiger partial charge in [-0.05, 0) is 41.3 Å². The molecule has 0 saturated carbocycles. The molecule has 0 aromatic heterocycles. The minimum Gasteiger partial charge on any atom is -0.444 e. The van der Waals surface area contributed by atoms with E-state index in [0.717, 1.165) is 17.7 Å². The normalized spacial score (nSPS) is 12.7. The Morgan fingerprint density at radius 1 is 0.912 bits per heavy atom. The molecule has 1 N–H and O–H groups in total. The van der Waals surface area contributed by atoms with Crippen LogP contribution in [0.2, 0.25) is 5.02 Å². The summed E-state index contributed by atoms with van der Waals surface area (Å²) in [5.41, 5.74) is 0.303. The number of hydrogen-bond acceptors (Lipinski definition) is 3. The molecule has 4 nitrogen and oxygen atoms in total. The van der Waals surface area contributed by atoms with Gasteiger partial charge in [-0.3, -0.25) is 4.79 Å². The first-order valence-corrected chi connectivity index (χ1v) is 10.8. The number of benzene rings is 3. The van der Waals surface area contributed by atoms with Gasteiger partial charge in [-0.15, -0.1) is 0 Å². The molecular weight excluding hydrogens is 467 g/mol. The van der Waals surface area contributed by atoms with Gasteiger partial charge < -0.3 is 10.1 Å². The van der Waals surface area contributed by atoms with Crippen LogP contribution in [0.1, 0.15) is 53.9 Å². The molecule has 0 aliphatic rings. The molecule has 3 aromatic rings. The van der Waals surface area contributed by atoms with E-state index in [0.29, 0.717) is 5.56 Å². The molecule has 0 fully saturated rings. The standard InChI is InChI=1S/C26H23ClF3NO3/c1-25(2,3)18-11-9-17(10-12-18)24(33)34-22(16-7-5-4-6-8-16)23(32)31-19-13-14-21(27)20(15-19)26(28,29)30/h4-15,22H,1-3H3,(H,31,32)/t22-/m0/s1. The molecule has 1 amide bonds. The maximum Gasteiger partial charge on any atom is 0.417 e. The fraction of sp³-hybridized carbons (Fsp3) is 0.231. The van der Waals surface area contributed by atoms with Gasteiger partial charge in [0.05, 0.1) is 16.1 Å². The number of nitrogens with one attached hydrogen (secondary N) is 1. The molecule has 0 radical (unpaired) electrons. The topological polar surface area (TPSA) is 55.4 Å². The second kappa shape index (κ2) is 9.89. The van der Waals surface area contributed by atoms with Crippen LogP contribution in [-0.2, 0) is 21.1 Å². The fourth-order valence-electron chi connectivity index (χ4n) is 3.21. The molecule has 8 heteroatoms. The number of halogens is 4. The molecule has 178 valence electrons. The lowest BCUT2D eigenvalue weighted by molar-refractivity contribution is -0.137. The van der Waals surface area contributed by atoms with Crippen molar-refractivity contribution in [2.75, 3.05) is 5.32 Å². The lowest BCUT2D eigenvalue weighted by Gasteiger charge is -2.20. The lowest BCUT2D eigenvalue weighted by Crippen LogP contribution is -2.26. The monoisotopic (exact) mass is 489 g/mol. The van der Waals surface area contributed by atoms with Crippen molar-refractivity contribution in [1.82, 2.24) is 0 Å². The zero-order valence-electron chi connectivity index (χ0n) is 18.7. The Morgan fingerprint density at radius 2 is 1.53 bits per heavy atom. The summed E-state index contributed by atoms with van der Waals surface area (Å²) >= 11 is 5.65. The predicted octanol–water partition coefficient (Wildman–Crippen LogP) is 7.19. The molecule has 0 saturated heterocycles. The van der Waals surface area contributed by atoms with E-state index in [1.165, 1.54) is 6.07 Å². The van der Waals surface area contributed by atoms with Gasteiger partial charge in [0.15, 0.2) is 0 Å². The Labute approximate surface area is 200 Å². The second-order valence-corrected chi connectivity index (χ2v) is 9.11. The van der Waals surface area contributed by atoms with Gasteiger partial charge in [-0.1, -0.05) is 74.8 Å². The maximum atomic E-state index is 13.2. The highest BCUT2D eigenvalue weighted by Gasteiger charge is 2.34. The van der Waals surface area contributed by atoms with E-state index in [4.69, 9.17) is 16.3 Å². The zero-order valence-corrected chi connectivity index (χ0v) is 19.5. The molecule has 0 heterocycles. The summed E-state index contributed by atoms with van der Waals surface area (Å²) < 4.78 is 45.1. The molecule has 0 spiro atoms. The Hall–Kier alpha value is -3.32. The fourth-order valence-corrected chi connectivity index (χ4v) is 3.43. The van der Waals surface area contributed by atoms with E-state index in [-0.39, 0.29) is 16.7 Å². The number of ether oxygens (including phenoxy) is 1. The van der Waals surface area contributed by atoms with Crippen molar-refractivity contribution in [2.24, 2.45) is 0 Å². The van der Waals surface area contributed by atoms with Crippen molar-refractivity contribution < 1.29 is 27.5 Å². The highest BCUT2D eigenvalue weighted by atomic mass is 35.5. The average molecular weight is 490 g/mol. The minimum absolute atomic E-state index is 0.108. The van der Waals surface area contributed by atoms with Crippen LogP contribution < -0.4 is 5.32 Å². The van der Waals surface area contributed by atoms with Crippen LogP contribution in [0, 0.1) is 0 Å². The Morgan fingerprint density at radius 3 is 2.09 bits per heavy atom. The maximum absolute atomic E-state index is 13.2. The van der Waals surface area contributed by atoms with Crippen molar-refractivity contribution in [3.05, 3.63) is 100 Å². The lowest BCUT2D eigenvalue weighted by atomic mass is 9.87. The first-order chi connectivity index (χ1) is 15.9. The Bertz CT molecular complexity index is 1170. The van der Waals surface area contributed by atoms with Gasteiger partial charge in [0.2, 0.25) is 6.10 Å². The summed E-state index contributed by atoms with van der Waals surface area (Å²) in [5.74, 6) is -1.54. The van der Waals surface area contributed by atoms with E-state index < -0.39 is 34.7 Å². The molecule has 0 aliphatic carbocycles. The van der Waals surface area contributed by atoms with Gasteiger partial charge in [0, 0.05) is 11.3 Å². The number of rotatable bonds is 5. The van der Waals surface area contributed by atoms with Gasteiger partial charge >= 0.3 is 12.1 Å². The van der Waals surface area contributed by atoms with Crippen molar-refractivity contribution in [3.63, 3.8) is 0 Å². The molecule has 3 rings (SSSR count). The quantitative estimate of drug-likeness (QED) is 0.386. The molecule has 1 atom stereocenters. The van der Waals surface area contributed by atoms with Crippen molar-refractivity contribution >= 4 is 29.2 Å². The number of carbonyl (C=O) groups is 2. The van der Waals surface area contributed by atoms with Crippen LogP contribution in [0.3, 0.4) is 0 Å². The summed E-state index contributed by atoms with van der Waals surface area (Å²) in [6, 6.07) is 18.1. The van der Waals surface area contributed by atoms with Gasteiger partial charge in [0.1, 0.15) is 0 Å². The summed E-state index contributed by atoms with van der Waals surface area (Å²) in [4.78, 5) is 25.8. The van der Waals surface area contributed by atoms with Gasteiger partial charge in [0.25, 0.3) is 5.91 Å². The summed E-state index contributed by atoms with van der Waals surface area (Å²) in [6.45, 7) is 6.12. The smallest absolute Gasteiger partial charge is 0.417 e. The zero-order chi connectivity index (χ0) is 25.1. The minimum atomic E-state index is -4.69. The highest BCUT2D eigenvalue weighted by molar-refractivity contribution is 6.31. The average Bonchev–Trinajstić information content (AvgIpc) is 2.78. The summed E-state index contributed by atoms with van der Waals surface area (Å²) in [5, 5.41) is 1.90. The number of amides is 1. The third-order valence-electron chi connectivity index (χ3n) is 5.09. The van der Waals surface area contributed by atoms with Gasteiger partial charge in [-0.2, -0.15) is 13.2 Å². The Kier molecular flexibility index (Phi) is 7.36. The van der Waals surface area contributed by atoms with Crippen LogP contribution >= 0.6 is 11.6 Å². The second-order valence-electron chi connectivity index (χ2n) is 8.71. The Balaban J connectivity index is 1.86. The van der Waals surface area contributed by atoms with Crippen LogP contribution in [-0.4, -0.2) is 11.9 Å². The molecule has 0 aliphatic heterocycles. The number of esters is 1. The molecule has 3 aromatic carbocycles. The van der Waals surface area contributed by atoms with Crippen LogP contribution in [0.4, 0.5) is 18.9 Å². The number of alkyl halides is 3. The van der Waals surface area contributed by atoms with E-state index in [2.05, 4.69) is 5.32 Å². The van der Waals surface area contributed by atoms with E-state index in [9.17, 15) is 22.8 Å². The number of anilines is 1. The first kappa shape index (κ1) is 25.3. The first-order valence-electron chi connectivity index (χ1n) is 10.4. The van der Waals surface area contributed by atoms with Crippen molar-refractivity contribution in [2.45, 2.75) is 38.5 Å². The molecule has 34 heavy (non-hydrogen) atoms. The van der Waals surface area contributed by atoms with Crippen molar-refractivity contribution in [1.29, 1.82) is 0 Å². The molecule has 0 unspecified atom stereocenters. The summed E-state index contributed by atoms with van der Waals surface area (Å²) in [6.07, 6.45) is -6.08. The van der Waals surface area contributed by atoms with Gasteiger partial charge in [-0.25, -0.2) is 4.79 Å². The van der Waals surface area contributed by atoms with E-state index in [1.807, 2.05) is 20.8 Å². The predicted molar refractivity (Wildman–Crippen MR) is 125 cm³/mol. The molecule has 0 bridgehead atoms. The highest BCUT2D eigenvalue weighted by Crippen LogP contribution is 2.36. The number of hydrogen-bond donors (Lipinski definition) is 1. The van der Waals surface area contributed by atoms with E-state index >= 15 is 0 Å². The number of carbonyl (C=O) groups excluding carboxylic acids is 2. The van der Waals surface area contributed by atoms with E-state index in [1.54, 1.807) is 54.6 Å².